The van der Waals surface area contributed by atoms with Crippen molar-refractivity contribution < 1.29 is 18.0 Å². The van der Waals surface area contributed by atoms with Crippen molar-refractivity contribution in [1.29, 1.82) is 0 Å². The number of nitrogens with one attached hydrogen (secondary N) is 1. The van der Waals surface area contributed by atoms with E-state index < -0.39 is 23.7 Å². The Hall–Kier alpha value is -4.46. The summed E-state index contributed by atoms with van der Waals surface area (Å²) in [5, 5.41) is 11.1. The van der Waals surface area contributed by atoms with Crippen LogP contribution in [0.2, 0.25) is 0 Å². The number of hydrogen-bond acceptors (Lipinski definition) is 5. The van der Waals surface area contributed by atoms with Gasteiger partial charge in [-0.05, 0) is 68.1 Å². The third-order valence-corrected chi connectivity index (χ3v) is 8.81. The number of benzene rings is 2. The van der Waals surface area contributed by atoms with Crippen LogP contribution in [0.5, 0.6) is 0 Å². The van der Waals surface area contributed by atoms with E-state index in [4.69, 9.17) is 0 Å². The molecular formula is C31H29BrF3N7O3. The Morgan fingerprint density at radius 3 is 2.47 bits per heavy atom. The third-order valence-electron chi connectivity index (χ3n) is 8.12. The van der Waals surface area contributed by atoms with E-state index >= 15 is 0 Å². The second-order valence-electron chi connectivity index (χ2n) is 11.7. The van der Waals surface area contributed by atoms with Gasteiger partial charge in [-0.2, -0.15) is 23.4 Å². The van der Waals surface area contributed by atoms with Crippen molar-refractivity contribution in [2.75, 3.05) is 0 Å². The molecule has 6 rings (SSSR count). The number of aromatic amines is 1. The molecule has 0 saturated carbocycles. The minimum atomic E-state index is -4.64. The summed E-state index contributed by atoms with van der Waals surface area (Å²) in [6.07, 6.45) is -2.10. The molecule has 3 aromatic heterocycles. The summed E-state index contributed by atoms with van der Waals surface area (Å²) in [5.74, 6) is 0.131. The number of carbonyl (C=O) groups excluding carboxylic acids is 1. The number of alkyl halides is 3. The van der Waals surface area contributed by atoms with Crippen molar-refractivity contribution in [3.8, 4) is 17.1 Å². The largest absolute Gasteiger partial charge is 0.417 e. The van der Waals surface area contributed by atoms with E-state index in [-0.39, 0.29) is 40.2 Å². The zero-order valence-electron chi connectivity index (χ0n) is 24.8. The van der Waals surface area contributed by atoms with Gasteiger partial charge in [0, 0.05) is 39.8 Å². The summed E-state index contributed by atoms with van der Waals surface area (Å²) < 4.78 is 45.3. The Kier molecular flexibility index (Phi) is 7.58. The van der Waals surface area contributed by atoms with Crippen LogP contribution in [0.3, 0.4) is 0 Å². The van der Waals surface area contributed by atoms with Gasteiger partial charge in [0.2, 0.25) is 0 Å². The van der Waals surface area contributed by atoms with Gasteiger partial charge in [0.15, 0.2) is 5.82 Å². The van der Waals surface area contributed by atoms with Crippen LogP contribution in [0.1, 0.15) is 53.5 Å². The molecule has 0 spiro atoms. The summed E-state index contributed by atoms with van der Waals surface area (Å²) in [5.41, 5.74) is 2.01. The maximum absolute atomic E-state index is 14.3. The number of nitrogens with zero attached hydrogens (tertiary/aromatic N) is 6. The summed E-state index contributed by atoms with van der Waals surface area (Å²) in [4.78, 5) is 41.3. The zero-order chi connectivity index (χ0) is 32.4. The normalized spacial score (nSPS) is 15.2. The van der Waals surface area contributed by atoms with Gasteiger partial charge in [-0.15, -0.1) is 0 Å². The van der Waals surface area contributed by atoms with Crippen molar-refractivity contribution in [1.82, 2.24) is 33.8 Å². The highest BCUT2D eigenvalue weighted by molar-refractivity contribution is 9.10. The van der Waals surface area contributed by atoms with Gasteiger partial charge >= 0.3 is 11.9 Å². The lowest BCUT2D eigenvalue weighted by molar-refractivity contribution is -0.138. The van der Waals surface area contributed by atoms with Crippen LogP contribution >= 0.6 is 15.9 Å². The number of aromatic nitrogens is 6. The van der Waals surface area contributed by atoms with Crippen LogP contribution in [0.25, 0.3) is 22.7 Å². The molecule has 2 aromatic carbocycles. The maximum Gasteiger partial charge on any atom is 0.417 e. The Balaban J connectivity index is 1.47. The van der Waals surface area contributed by atoms with E-state index in [1.807, 2.05) is 0 Å². The number of carbonyl (C=O) groups is 1. The molecule has 10 nitrogen and oxygen atoms in total. The van der Waals surface area contributed by atoms with Crippen molar-refractivity contribution in [2.24, 2.45) is 13.0 Å². The van der Waals surface area contributed by atoms with Crippen molar-refractivity contribution in [2.45, 2.75) is 52.4 Å². The lowest BCUT2D eigenvalue weighted by Crippen LogP contribution is -2.46. The lowest BCUT2D eigenvalue weighted by Gasteiger charge is -2.35. The minimum absolute atomic E-state index is 0.00570. The number of amides is 1. The Labute approximate surface area is 263 Å². The van der Waals surface area contributed by atoms with Gasteiger partial charge in [-0.3, -0.25) is 18.7 Å². The van der Waals surface area contributed by atoms with Crippen LogP contribution in [-0.4, -0.2) is 45.8 Å². The number of halogens is 4. The molecule has 0 fully saturated rings. The topological polar surface area (TPSA) is 110 Å². The molecular weight excluding hydrogens is 655 g/mol. The third kappa shape index (κ3) is 5.30. The fraction of sp³-hybridized carbons (Fsp3) is 0.323. The first-order chi connectivity index (χ1) is 21.3. The molecule has 1 amide bonds. The van der Waals surface area contributed by atoms with Gasteiger partial charge in [0.05, 0.1) is 29.7 Å². The van der Waals surface area contributed by atoms with Crippen LogP contribution in [-0.2, 0) is 32.6 Å². The second kappa shape index (κ2) is 11.2. The molecule has 0 aliphatic carbocycles. The number of H-pyrrole nitrogens is 1. The molecule has 1 atom stereocenters. The van der Waals surface area contributed by atoms with E-state index in [1.54, 1.807) is 53.5 Å². The highest BCUT2D eigenvalue weighted by Gasteiger charge is 2.36. The van der Waals surface area contributed by atoms with E-state index in [0.29, 0.717) is 40.4 Å². The van der Waals surface area contributed by atoms with Gasteiger partial charge in [-0.1, -0.05) is 29.8 Å². The van der Waals surface area contributed by atoms with Gasteiger partial charge in [0.25, 0.3) is 11.5 Å². The second-order valence-corrected chi connectivity index (χ2v) is 12.6. The molecule has 0 saturated heterocycles. The van der Waals surface area contributed by atoms with Crippen LogP contribution in [0.15, 0.2) is 62.7 Å². The minimum Gasteiger partial charge on any atom is -0.330 e. The number of rotatable bonds is 5. The zero-order valence-corrected chi connectivity index (χ0v) is 26.4. The van der Waals surface area contributed by atoms with Crippen LogP contribution < -0.4 is 11.2 Å². The maximum atomic E-state index is 14.3. The van der Waals surface area contributed by atoms with Gasteiger partial charge in [0.1, 0.15) is 5.65 Å². The van der Waals surface area contributed by atoms with E-state index in [2.05, 4.69) is 45.1 Å². The summed E-state index contributed by atoms with van der Waals surface area (Å²) >= 11 is 2.93. The van der Waals surface area contributed by atoms with E-state index in [1.165, 1.54) is 21.6 Å². The molecule has 0 bridgehead atoms. The van der Waals surface area contributed by atoms with Crippen molar-refractivity contribution in [3.63, 3.8) is 0 Å². The molecule has 14 heteroatoms. The van der Waals surface area contributed by atoms with E-state index in [9.17, 15) is 27.6 Å². The standard InChI is InChI=1S/C31H29BrF3N7O3/c1-16(2)11-20-14-36-42-25-15-40(28(43)19-7-10-24(32)23(13-19)31(33,34)35)17(3)12-22(25)29(44)41(27(20)42)21-8-5-18(6-9-21)26-37-38-30(45)39(26)4/h5-10,13-14,16-17H,11-12,15H2,1-4H3,(H,38,45)/t17-/m0/s1. The smallest absolute Gasteiger partial charge is 0.330 e. The molecule has 1 N–H and O–H groups in total. The highest BCUT2D eigenvalue weighted by Crippen LogP contribution is 2.36. The Morgan fingerprint density at radius 1 is 1.13 bits per heavy atom. The fourth-order valence-electron chi connectivity index (χ4n) is 5.89. The fourth-order valence-corrected chi connectivity index (χ4v) is 6.36. The van der Waals surface area contributed by atoms with Crippen LogP contribution in [0.4, 0.5) is 13.2 Å². The van der Waals surface area contributed by atoms with Gasteiger partial charge < -0.3 is 4.90 Å². The van der Waals surface area contributed by atoms with Gasteiger partial charge in [-0.25, -0.2) is 14.4 Å². The molecule has 4 heterocycles. The molecule has 0 unspecified atom stereocenters. The van der Waals surface area contributed by atoms with Crippen molar-refractivity contribution >= 4 is 27.5 Å². The average molecular weight is 685 g/mol. The highest BCUT2D eigenvalue weighted by atomic mass is 79.9. The van der Waals surface area contributed by atoms with Crippen molar-refractivity contribution in [3.05, 3.63) is 102 Å². The molecule has 1 aliphatic rings. The summed E-state index contributed by atoms with van der Waals surface area (Å²) in [7, 11) is 1.61. The molecule has 234 valence electrons. The Morgan fingerprint density at radius 2 is 1.84 bits per heavy atom. The molecule has 1 aliphatic heterocycles. The van der Waals surface area contributed by atoms with Crippen LogP contribution in [0, 0.1) is 5.92 Å². The number of fused-ring (bicyclic) bond motifs is 3. The molecule has 0 radical (unpaired) electrons. The lowest BCUT2D eigenvalue weighted by atomic mass is 9.97. The predicted octanol–water partition coefficient (Wildman–Crippen LogP) is 5.14. The summed E-state index contributed by atoms with van der Waals surface area (Å²) in [6, 6.07) is 10.1. The average Bonchev–Trinajstić information content (AvgIpc) is 3.54. The predicted molar refractivity (Wildman–Crippen MR) is 164 cm³/mol. The molecule has 5 aromatic rings. The Bertz CT molecular complexity index is 2070. The van der Waals surface area contributed by atoms with E-state index in [0.717, 1.165) is 11.6 Å². The SMILES string of the molecule is CC(C)Cc1cnn2c3c(c(=O)n(-c4ccc(-c5n[nH]c(=O)n5C)cc4)c12)C[C@H](C)N(C(=O)c1ccc(Br)c(C(F)(F)F)c1)C3. The summed E-state index contributed by atoms with van der Waals surface area (Å²) in [6.45, 7) is 5.88. The first kappa shape index (κ1) is 30.6. The molecule has 45 heavy (non-hydrogen) atoms. The first-order valence-electron chi connectivity index (χ1n) is 14.3. The quantitative estimate of drug-likeness (QED) is 0.276. The number of hydrogen-bond donors (Lipinski definition) is 1. The first-order valence-corrected chi connectivity index (χ1v) is 15.1. The monoisotopic (exact) mass is 683 g/mol.